The van der Waals surface area contributed by atoms with Crippen LogP contribution in [0.15, 0.2) is 36.5 Å². The second-order valence-corrected chi connectivity index (χ2v) is 3.89. The minimum atomic E-state index is 0.510. The van der Waals surface area contributed by atoms with E-state index >= 15 is 0 Å². The molecule has 2 aromatic rings. The molecule has 0 amide bonds. The summed E-state index contributed by atoms with van der Waals surface area (Å²) in [7, 11) is 1.56. The van der Waals surface area contributed by atoms with Gasteiger partial charge in [-0.15, -0.1) is 0 Å². The molecule has 0 aliphatic carbocycles. The maximum absolute atomic E-state index is 11.1. The number of methoxy groups -OCH3 is 1. The number of pyridine rings is 1. The van der Waals surface area contributed by atoms with Crippen molar-refractivity contribution in [2.75, 3.05) is 13.7 Å². The van der Waals surface area contributed by atoms with Crippen LogP contribution in [0.3, 0.4) is 0 Å². The molecule has 4 heteroatoms. The molecular formula is C15H15NO3. The van der Waals surface area contributed by atoms with E-state index in [-0.39, 0.29) is 0 Å². The molecule has 19 heavy (non-hydrogen) atoms. The number of benzene rings is 1. The number of hydrogen-bond donors (Lipinski definition) is 0. The average Bonchev–Trinajstić information content (AvgIpc) is 2.47. The fraction of sp³-hybridized carbons (Fsp3) is 0.200. The van der Waals surface area contributed by atoms with Crippen molar-refractivity contribution in [3.8, 4) is 22.8 Å². The SMILES string of the molecule is CCOc1ccc(C=O)c(-c2ccnc(OC)c2)c1. The van der Waals surface area contributed by atoms with Gasteiger partial charge in [0.05, 0.1) is 13.7 Å². The van der Waals surface area contributed by atoms with Crippen molar-refractivity contribution in [1.82, 2.24) is 4.98 Å². The number of hydrogen-bond acceptors (Lipinski definition) is 4. The third kappa shape index (κ3) is 2.91. The summed E-state index contributed by atoms with van der Waals surface area (Å²) < 4.78 is 10.6. The Hall–Kier alpha value is -2.36. The quantitative estimate of drug-likeness (QED) is 0.773. The van der Waals surface area contributed by atoms with E-state index in [1.54, 1.807) is 31.5 Å². The van der Waals surface area contributed by atoms with Crippen LogP contribution in [0.1, 0.15) is 17.3 Å². The van der Waals surface area contributed by atoms with Crippen LogP contribution in [0.4, 0.5) is 0 Å². The van der Waals surface area contributed by atoms with Crippen LogP contribution in [-0.2, 0) is 0 Å². The van der Waals surface area contributed by atoms with Gasteiger partial charge in [0.2, 0.25) is 5.88 Å². The zero-order valence-electron chi connectivity index (χ0n) is 10.9. The summed E-state index contributed by atoms with van der Waals surface area (Å²) >= 11 is 0. The minimum Gasteiger partial charge on any atom is -0.494 e. The van der Waals surface area contributed by atoms with E-state index < -0.39 is 0 Å². The zero-order valence-corrected chi connectivity index (χ0v) is 10.9. The number of carbonyl (C=O) groups excluding carboxylic acids is 1. The third-order valence-corrected chi connectivity index (χ3v) is 2.72. The van der Waals surface area contributed by atoms with E-state index in [4.69, 9.17) is 9.47 Å². The second-order valence-electron chi connectivity index (χ2n) is 3.89. The van der Waals surface area contributed by atoms with Gasteiger partial charge in [-0.05, 0) is 42.3 Å². The van der Waals surface area contributed by atoms with Crippen LogP contribution >= 0.6 is 0 Å². The van der Waals surface area contributed by atoms with Crippen molar-refractivity contribution in [2.24, 2.45) is 0 Å². The summed E-state index contributed by atoms with van der Waals surface area (Å²) in [4.78, 5) is 15.2. The fourth-order valence-electron chi connectivity index (χ4n) is 1.83. The Labute approximate surface area is 112 Å². The van der Waals surface area contributed by atoms with Crippen LogP contribution in [0.2, 0.25) is 0 Å². The molecule has 0 radical (unpaired) electrons. The predicted octanol–water partition coefficient (Wildman–Crippen LogP) is 2.97. The summed E-state index contributed by atoms with van der Waals surface area (Å²) in [6, 6.07) is 9.01. The molecule has 0 bridgehead atoms. The van der Waals surface area contributed by atoms with E-state index in [0.717, 1.165) is 23.2 Å². The molecule has 0 aliphatic heterocycles. The first-order valence-electron chi connectivity index (χ1n) is 6.01. The lowest BCUT2D eigenvalue weighted by molar-refractivity contribution is 0.112. The van der Waals surface area contributed by atoms with Gasteiger partial charge in [-0.25, -0.2) is 4.98 Å². The fourth-order valence-corrected chi connectivity index (χ4v) is 1.83. The number of nitrogens with zero attached hydrogens (tertiary/aromatic N) is 1. The Morgan fingerprint density at radius 2 is 2.11 bits per heavy atom. The van der Waals surface area contributed by atoms with Gasteiger partial charge in [0.25, 0.3) is 0 Å². The highest BCUT2D eigenvalue weighted by molar-refractivity contribution is 5.88. The third-order valence-electron chi connectivity index (χ3n) is 2.72. The van der Waals surface area contributed by atoms with Crippen molar-refractivity contribution in [2.45, 2.75) is 6.92 Å². The second kappa shape index (κ2) is 6.00. The molecule has 1 aromatic carbocycles. The van der Waals surface area contributed by atoms with Crippen molar-refractivity contribution < 1.29 is 14.3 Å². The lowest BCUT2D eigenvalue weighted by atomic mass is 10.0. The minimum absolute atomic E-state index is 0.510. The van der Waals surface area contributed by atoms with Gasteiger partial charge in [-0.3, -0.25) is 4.79 Å². The van der Waals surface area contributed by atoms with Gasteiger partial charge in [0.15, 0.2) is 6.29 Å². The average molecular weight is 257 g/mol. The normalized spacial score (nSPS) is 10.0. The maximum Gasteiger partial charge on any atom is 0.213 e. The van der Waals surface area contributed by atoms with Gasteiger partial charge in [-0.2, -0.15) is 0 Å². The van der Waals surface area contributed by atoms with Crippen molar-refractivity contribution in [3.63, 3.8) is 0 Å². The van der Waals surface area contributed by atoms with Crippen molar-refractivity contribution >= 4 is 6.29 Å². The Balaban J connectivity index is 2.51. The largest absolute Gasteiger partial charge is 0.494 e. The summed E-state index contributed by atoms with van der Waals surface area (Å²) in [5.74, 6) is 1.25. The first-order valence-corrected chi connectivity index (χ1v) is 6.01. The van der Waals surface area contributed by atoms with Crippen LogP contribution in [-0.4, -0.2) is 25.0 Å². The number of aromatic nitrogens is 1. The van der Waals surface area contributed by atoms with Gasteiger partial charge < -0.3 is 9.47 Å². The van der Waals surface area contributed by atoms with Crippen LogP contribution in [0.25, 0.3) is 11.1 Å². The maximum atomic E-state index is 11.1. The topological polar surface area (TPSA) is 48.4 Å². The Morgan fingerprint density at radius 3 is 2.79 bits per heavy atom. The highest BCUT2D eigenvalue weighted by Gasteiger charge is 2.08. The molecule has 1 heterocycles. The number of carbonyl (C=O) groups is 1. The predicted molar refractivity (Wildman–Crippen MR) is 72.8 cm³/mol. The molecule has 98 valence electrons. The molecule has 0 atom stereocenters. The molecule has 1 aromatic heterocycles. The van der Waals surface area contributed by atoms with Crippen molar-refractivity contribution in [3.05, 3.63) is 42.1 Å². The molecule has 0 unspecified atom stereocenters. The summed E-state index contributed by atoms with van der Waals surface area (Å²) in [5.41, 5.74) is 2.29. The summed E-state index contributed by atoms with van der Waals surface area (Å²) in [6.45, 7) is 2.50. The lowest BCUT2D eigenvalue weighted by Crippen LogP contribution is -1.95. The van der Waals surface area contributed by atoms with Gasteiger partial charge in [-0.1, -0.05) is 0 Å². The highest BCUT2D eigenvalue weighted by atomic mass is 16.5. The van der Waals surface area contributed by atoms with E-state index in [0.29, 0.717) is 18.1 Å². The Morgan fingerprint density at radius 1 is 1.26 bits per heavy atom. The first-order chi connectivity index (χ1) is 9.28. The zero-order chi connectivity index (χ0) is 13.7. The van der Waals surface area contributed by atoms with Gasteiger partial charge in [0.1, 0.15) is 5.75 Å². The molecule has 2 rings (SSSR count). The summed E-state index contributed by atoms with van der Waals surface area (Å²) in [5, 5.41) is 0. The molecule has 0 saturated heterocycles. The number of aldehydes is 1. The lowest BCUT2D eigenvalue weighted by Gasteiger charge is -2.09. The number of rotatable bonds is 5. The molecule has 0 spiro atoms. The number of ether oxygens (including phenoxy) is 2. The Bertz CT molecular complexity index is 581. The first kappa shape index (κ1) is 13.1. The van der Waals surface area contributed by atoms with Crippen LogP contribution in [0, 0.1) is 0 Å². The molecule has 0 aliphatic rings. The van der Waals surface area contributed by atoms with Crippen molar-refractivity contribution in [1.29, 1.82) is 0 Å². The van der Waals surface area contributed by atoms with E-state index in [9.17, 15) is 4.79 Å². The molecular weight excluding hydrogens is 242 g/mol. The molecule has 0 fully saturated rings. The highest BCUT2D eigenvalue weighted by Crippen LogP contribution is 2.28. The van der Waals surface area contributed by atoms with Crippen LogP contribution in [0.5, 0.6) is 11.6 Å². The van der Waals surface area contributed by atoms with E-state index in [1.165, 1.54) is 0 Å². The Kier molecular flexibility index (Phi) is 4.13. The smallest absolute Gasteiger partial charge is 0.213 e. The van der Waals surface area contributed by atoms with E-state index in [1.807, 2.05) is 19.1 Å². The van der Waals surface area contributed by atoms with E-state index in [2.05, 4.69) is 4.98 Å². The molecule has 0 saturated carbocycles. The van der Waals surface area contributed by atoms with Gasteiger partial charge >= 0.3 is 0 Å². The monoisotopic (exact) mass is 257 g/mol. The summed E-state index contributed by atoms with van der Waals surface area (Å²) in [6.07, 6.45) is 2.48. The van der Waals surface area contributed by atoms with Gasteiger partial charge in [0, 0.05) is 17.8 Å². The standard InChI is InChI=1S/C15H15NO3/c1-3-19-13-5-4-12(10-17)14(9-13)11-6-7-16-15(8-11)18-2/h4-10H,3H2,1-2H3. The van der Waals surface area contributed by atoms with Crippen LogP contribution < -0.4 is 9.47 Å². The molecule has 4 nitrogen and oxygen atoms in total. The molecule has 0 N–H and O–H groups in total.